The molecule has 0 unspecified atom stereocenters. The van der Waals surface area contributed by atoms with Crippen LogP contribution < -0.4 is 5.73 Å². The van der Waals surface area contributed by atoms with Gasteiger partial charge in [0, 0.05) is 37.1 Å². The summed E-state index contributed by atoms with van der Waals surface area (Å²) < 4.78 is 118. The first-order valence-electron chi connectivity index (χ1n) is 9.39. The van der Waals surface area contributed by atoms with Crippen LogP contribution in [0.4, 0.5) is 45.3 Å². The average Bonchev–Trinajstić information content (AvgIpc) is 2.94. The lowest BCUT2D eigenvalue weighted by atomic mass is 10.1. The highest BCUT2D eigenvalue weighted by molar-refractivity contribution is 5.62. The second kappa shape index (κ2) is 7.25. The third-order valence-electron chi connectivity index (χ3n) is 5.64. The topological polar surface area (TPSA) is 60.0 Å². The lowest BCUT2D eigenvalue weighted by Crippen LogP contribution is -2.34. The molecule has 1 aliphatic carbocycles. The predicted octanol–water partition coefficient (Wildman–Crippen LogP) is 4.32. The Hall–Kier alpha value is -2.51. The number of likely N-dealkylation sites (tertiary alicyclic amines) is 1. The molecule has 0 aromatic carbocycles. The summed E-state index contributed by atoms with van der Waals surface area (Å²) in [4.78, 5) is 8.54. The first-order chi connectivity index (χ1) is 14.6. The van der Waals surface area contributed by atoms with Crippen molar-refractivity contribution >= 4 is 5.82 Å². The smallest absolute Gasteiger partial charge is 0.383 e. The molecule has 3 atom stereocenters. The van der Waals surface area contributed by atoms with Crippen LogP contribution in [-0.4, -0.2) is 51.4 Å². The minimum atomic E-state index is -4.82. The number of nitrogens with zero attached hydrogens (tertiary/aromatic N) is 4. The molecule has 0 radical (unpaired) electrons. The van der Waals surface area contributed by atoms with Gasteiger partial charge in [-0.05, 0) is 17.9 Å². The summed E-state index contributed by atoms with van der Waals surface area (Å²) in [7, 11) is 0. The van der Waals surface area contributed by atoms with E-state index in [1.54, 1.807) is 0 Å². The van der Waals surface area contributed by atoms with Crippen molar-refractivity contribution in [2.24, 2.45) is 11.8 Å². The molecule has 14 heteroatoms. The maximum Gasteiger partial charge on any atom is 0.419 e. The van der Waals surface area contributed by atoms with Gasteiger partial charge in [-0.3, -0.25) is 4.90 Å². The van der Waals surface area contributed by atoms with Crippen molar-refractivity contribution in [2.45, 2.75) is 31.0 Å². The highest BCUT2D eigenvalue weighted by atomic mass is 19.4. The van der Waals surface area contributed by atoms with E-state index in [4.69, 9.17) is 5.73 Å². The third kappa shape index (κ3) is 4.64. The Balaban J connectivity index is 1.63. The van der Waals surface area contributed by atoms with Crippen LogP contribution in [0.3, 0.4) is 0 Å². The number of nitrogen functional groups attached to an aromatic ring is 1. The molecule has 2 aromatic heterocycles. The van der Waals surface area contributed by atoms with E-state index in [1.165, 1.54) is 15.7 Å². The Morgan fingerprint density at radius 3 is 2.12 bits per heavy atom. The molecule has 3 heterocycles. The fourth-order valence-electron chi connectivity index (χ4n) is 4.36. The lowest BCUT2D eigenvalue weighted by Gasteiger charge is -2.21. The Morgan fingerprint density at radius 1 is 0.969 bits per heavy atom. The number of anilines is 1. The van der Waals surface area contributed by atoms with E-state index in [0.29, 0.717) is 6.07 Å². The summed E-state index contributed by atoms with van der Waals surface area (Å²) in [5.74, 6) is -1.78. The van der Waals surface area contributed by atoms with Crippen molar-refractivity contribution in [3.8, 4) is 11.3 Å². The molecule has 1 aliphatic heterocycles. The molecule has 2 aromatic rings. The average molecular weight is 473 g/mol. The van der Waals surface area contributed by atoms with E-state index in [9.17, 15) is 39.5 Å². The zero-order chi connectivity index (χ0) is 23.6. The zero-order valence-corrected chi connectivity index (χ0v) is 16.1. The fourth-order valence-corrected chi connectivity index (χ4v) is 4.36. The summed E-state index contributed by atoms with van der Waals surface area (Å²) in [5.41, 5.74) is 3.69. The van der Waals surface area contributed by atoms with Crippen molar-refractivity contribution in [2.75, 3.05) is 25.4 Å². The maximum atomic E-state index is 13.1. The summed E-state index contributed by atoms with van der Waals surface area (Å²) in [6, 6.07) is 0.160. The number of nitrogens with two attached hydrogens (primary N) is 1. The number of imidazole rings is 1. The van der Waals surface area contributed by atoms with E-state index in [2.05, 4.69) is 9.97 Å². The van der Waals surface area contributed by atoms with Crippen molar-refractivity contribution in [3.63, 3.8) is 0 Å². The van der Waals surface area contributed by atoms with Crippen LogP contribution in [0.5, 0.6) is 0 Å². The summed E-state index contributed by atoms with van der Waals surface area (Å²) in [5, 5.41) is 0. The third-order valence-corrected chi connectivity index (χ3v) is 5.64. The lowest BCUT2D eigenvalue weighted by molar-refractivity contribution is -0.145. The van der Waals surface area contributed by atoms with E-state index < -0.39 is 54.7 Å². The molecule has 0 spiro atoms. The fraction of sp³-hybridized carbons (Fsp3) is 0.556. The van der Waals surface area contributed by atoms with Gasteiger partial charge in [-0.25, -0.2) is 9.97 Å². The van der Waals surface area contributed by atoms with Crippen LogP contribution >= 0.6 is 0 Å². The van der Waals surface area contributed by atoms with Gasteiger partial charge in [0.1, 0.15) is 18.1 Å². The van der Waals surface area contributed by atoms with Gasteiger partial charge in [-0.15, -0.1) is 0 Å². The normalized spacial score (nSPS) is 24.1. The van der Waals surface area contributed by atoms with Crippen LogP contribution in [0.2, 0.25) is 0 Å². The van der Waals surface area contributed by atoms with E-state index in [0.717, 1.165) is 6.20 Å². The standard InChI is InChI=1S/C18H16F9N5/c19-16(20,21)2-13-30-12(8-1-11(18(25,26)27)15(28)29-3-8)6-32(13)14-9-4-31(5-10(9)14)7-17(22,23)24/h1,3,6,9-10,14H,2,4-5,7H2,(H2,28,29)/t9-,10+,14-. The SMILES string of the molecule is Nc1ncc(-c2cn([C@@H]3[C@@H]4CN(CC(F)(F)F)C[C@@H]43)c(CC(F)(F)F)n2)cc1C(F)(F)F. The van der Waals surface area contributed by atoms with E-state index in [1.807, 2.05) is 0 Å². The van der Waals surface area contributed by atoms with Crippen LogP contribution in [-0.2, 0) is 12.6 Å². The van der Waals surface area contributed by atoms with Crippen LogP contribution in [0.1, 0.15) is 17.4 Å². The van der Waals surface area contributed by atoms with Crippen molar-refractivity contribution in [3.05, 3.63) is 29.8 Å². The molecule has 2 aliphatic rings. The molecular weight excluding hydrogens is 457 g/mol. The number of rotatable bonds is 4. The number of halogens is 9. The molecule has 2 N–H and O–H groups in total. The van der Waals surface area contributed by atoms with Gasteiger partial charge in [-0.1, -0.05) is 0 Å². The van der Waals surface area contributed by atoms with Gasteiger partial charge in [0.05, 0.1) is 17.8 Å². The number of aromatic nitrogens is 3. The van der Waals surface area contributed by atoms with Crippen LogP contribution in [0, 0.1) is 11.8 Å². The highest BCUT2D eigenvalue weighted by Crippen LogP contribution is 2.56. The molecule has 1 saturated heterocycles. The minimum Gasteiger partial charge on any atom is -0.383 e. The van der Waals surface area contributed by atoms with Gasteiger partial charge < -0.3 is 10.3 Å². The first-order valence-corrected chi connectivity index (χ1v) is 9.39. The highest BCUT2D eigenvalue weighted by Gasteiger charge is 2.58. The summed E-state index contributed by atoms with van der Waals surface area (Å²) in [6.45, 7) is -0.973. The Labute approximate surface area is 175 Å². The number of hydrogen-bond donors (Lipinski definition) is 1. The van der Waals surface area contributed by atoms with Crippen LogP contribution in [0.25, 0.3) is 11.3 Å². The molecule has 176 valence electrons. The van der Waals surface area contributed by atoms with Gasteiger partial charge in [0.2, 0.25) is 0 Å². The second-order valence-electron chi connectivity index (χ2n) is 8.02. The maximum absolute atomic E-state index is 13.1. The largest absolute Gasteiger partial charge is 0.419 e. The molecule has 4 rings (SSSR count). The predicted molar refractivity (Wildman–Crippen MR) is 93.1 cm³/mol. The second-order valence-corrected chi connectivity index (χ2v) is 8.02. The first kappa shape index (κ1) is 22.7. The summed E-state index contributed by atoms with van der Waals surface area (Å²) in [6.07, 6.45) is -13.1. The van der Waals surface area contributed by atoms with Gasteiger partial charge in [0.15, 0.2) is 0 Å². The molecule has 0 bridgehead atoms. The van der Waals surface area contributed by atoms with Crippen molar-refractivity contribution in [1.29, 1.82) is 0 Å². The Morgan fingerprint density at radius 2 is 1.59 bits per heavy atom. The zero-order valence-electron chi connectivity index (χ0n) is 16.1. The number of pyridine rings is 1. The Bertz CT molecular complexity index is 996. The quantitative estimate of drug-likeness (QED) is 0.673. The van der Waals surface area contributed by atoms with Crippen LogP contribution in [0.15, 0.2) is 18.5 Å². The molecule has 1 saturated carbocycles. The monoisotopic (exact) mass is 473 g/mol. The van der Waals surface area contributed by atoms with Crippen molar-refractivity contribution < 1.29 is 39.5 Å². The molecule has 32 heavy (non-hydrogen) atoms. The van der Waals surface area contributed by atoms with Gasteiger partial charge >= 0.3 is 18.5 Å². The molecule has 0 amide bonds. The van der Waals surface area contributed by atoms with Gasteiger partial charge in [0.25, 0.3) is 0 Å². The number of hydrogen-bond acceptors (Lipinski definition) is 4. The van der Waals surface area contributed by atoms with E-state index >= 15 is 0 Å². The molecule has 5 nitrogen and oxygen atoms in total. The molecular formula is C18H16F9N5. The van der Waals surface area contributed by atoms with Gasteiger partial charge in [-0.2, -0.15) is 39.5 Å². The molecule has 2 fully saturated rings. The van der Waals surface area contributed by atoms with Crippen molar-refractivity contribution in [1.82, 2.24) is 19.4 Å². The Kier molecular flexibility index (Phi) is 5.14. The number of alkyl halides is 9. The van der Waals surface area contributed by atoms with E-state index in [-0.39, 0.29) is 36.2 Å². The number of piperidine rings is 1. The minimum absolute atomic E-state index is 0.0649. The number of fused-ring (bicyclic) bond motifs is 1. The summed E-state index contributed by atoms with van der Waals surface area (Å²) >= 11 is 0.